The van der Waals surface area contributed by atoms with Crippen LogP contribution in [-0.4, -0.2) is 44.7 Å². The number of rotatable bonds is 4. The minimum atomic E-state index is -0.0975. The lowest BCUT2D eigenvalue weighted by molar-refractivity contribution is 0.0579. The maximum Gasteiger partial charge on any atom is 0.275 e. The smallest absolute Gasteiger partial charge is 0.275 e. The van der Waals surface area contributed by atoms with Crippen molar-refractivity contribution < 1.29 is 9.90 Å². The van der Waals surface area contributed by atoms with Gasteiger partial charge >= 0.3 is 0 Å². The Bertz CT molecular complexity index is 350. The Labute approximate surface area is 105 Å². The van der Waals surface area contributed by atoms with E-state index >= 15 is 0 Å². The van der Waals surface area contributed by atoms with Crippen LogP contribution < -0.4 is 0 Å². The topological polar surface area (TPSA) is 66.3 Å². The van der Waals surface area contributed by atoms with Crippen LogP contribution in [-0.2, 0) is 0 Å². The molecule has 0 saturated heterocycles. The van der Waals surface area contributed by atoms with Gasteiger partial charge in [-0.1, -0.05) is 23.8 Å². The van der Waals surface area contributed by atoms with Gasteiger partial charge in [0.25, 0.3) is 5.91 Å². The number of hydrogen-bond acceptors (Lipinski definition) is 5. The molecule has 1 saturated carbocycles. The SMILES string of the molecule is O=C(c1csnn1)N(CCO)C1CCCCC1. The predicted molar refractivity (Wildman–Crippen MR) is 64.9 cm³/mol. The van der Waals surface area contributed by atoms with Gasteiger partial charge in [0.1, 0.15) is 0 Å². The van der Waals surface area contributed by atoms with Gasteiger partial charge in [0.15, 0.2) is 5.69 Å². The first-order chi connectivity index (χ1) is 8.33. The average molecular weight is 255 g/mol. The van der Waals surface area contributed by atoms with Crippen LogP contribution >= 0.6 is 11.5 Å². The molecular weight excluding hydrogens is 238 g/mol. The van der Waals surface area contributed by atoms with Crippen molar-refractivity contribution in [2.45, 2.75) is 38.1 Å². The summed E-state index contributed by atoms with van der Waals surface area (Å²) < 4.78 is 3.71. The summed E-state index contributed by atoms with van der Waals surface area (Å²) in [4.78, 5) is 14.0. The Morgan fingerprint density at radius 3 is 2.82 bits per heavy atom. The Morgan fingerprint density at radius 2 is 2.24 bits per heavy atom. The van der Waals surface area contributed by atoms with Crippen LogP contribution in [0, 0.1) is 0 Å². The summed E-state index contributed by atoms with van der Waals surface area (Å²) in [5, 5.41) is 14.6. The van der Waals surface area contributed by atoms with Crippen molar-refractivity contribution in [2.24, 2.45) is 0 Å². The first-order valence-electron chi connectivity index (χ1n) is 6.02. The summed E-state index contributed by atoms with van der Waals surface area (Å²) in [6, 6.07) is 0.255. The number of aliphatic hydroxyl groups is 1. The van der Waals surface area contributed by atoms with Gasteiger partial charge in [-0.05, 0) is 24.4 Å². The fourth-order valence-corrected chi connectivity index (χ4v) is 2.79. The van der Waals surface area contributed by atoms with Gasteiger partial charge in [0, 0.05) is 18.0 Å². The molecule has 94 valence electrons. The monoisotopic (exact) mass is 255 g/mol. The van der Waals surface area contributed by atoms with Crippen molar-refractivity contribution in [3.05, 3.63) is 11.1 Å². The van der Waals surface area contributed by atoms with Crippen molar-refractivity contribution in [1.82, 2.24) is 14.5 Å². The lowest BCUT2D eigenvalue weighted by Gasteiger charge is -2.33. The van der Waals surface area contributed by atoms with E-state index < -0.39 is 0 Å². The number of aromatic nitrogens is 2. The van der Waals surface area contributed by atoms with Crippen LogP contribution in [0.4, 0.5) is 0 Å². The first-order valence-corrected chi connectivity index (χ1v) is 6.85. The van der Waals surface area contributed by atoms with E-state index in [1.807, 2.05) is 0 Å². The molecule has 1 fully saturated rings. The zero-order valence-corrected chi connectivity index (χ0v) is 10.5. The molecule has 5 nitrogen and oxygen atoms in total. The summed E-state index contributed by atoms with van der Waals surface area (Å²) in [5.41, 5.74) is 0.397. The number of hydrogen-bond donors (Lipinski definition) is 1. The van der Waals surface area contributed by atoms with Crippen molar-refractivity contribution in [1.29, 1.82) is 0 Å². The number of carbonyl (C=O) groups is 1. The molecule has 0 aromatic carbocycles. The molecule has 1 aliphatic carbocycles. The highest BCUT2D eigenvalue weighted by atomic mass is 32.1. The molecule has 1 aliphatic rings. The van der Waals surface area contributed by atoms with Gasteiger partial charge in [-0.15, -0.1) is 5.10 Å². The minimum Gasteiger partial charge on any atom is -0.395 e. The molecule has 0 bridgehead atoms. The standard InChI is InChI=1S/C11H17N3O2S/c15-7-6-14(9-4-2-1-3-5-9)11(16)10-8-17-13-12-10/h8-9,15H,1-7H2. The summed E-state index contributed by atoms with van der Waals surface area (Å²) in [6.07, 6.45) is 5.63. The highest BCUT2D eigenvalue weighted by Crippen LogP contribution is 2.23. The second kappa shape index (κ2) is 6.07. The van der Waals surface area contributed by atoms with Crippen molar-refractivity contribution >= 4 is 17.4 Å². The van der Waals surface area contributed by atoms with Crippen molar-refractivity contribution in [2.75, 3.05) is 13.2 Å². The van der Waals surface area contributed by atoms with Gasteiger partial charge in [-0.2, -0.15) is 0 Å². The molecular formula is C11H17N3O2S. The van der Waals surface area contributed by atoms with E-state index in [0.717, 1.165) is 25.7 Å². The third kappa shape index (κ3) is 3.01. The van der Waals surface area contributed by atoms with E-state index in [2.05, 4.69) is 9.59 Å². The van der Waals surface area contributed by atoms with Crippen LogP contribution in [0.15, 0.2) is 5.38 Å². The lowest BCUT2D eigenvalue weighted by atomic mass is 9.94. The van der Waals surface area contributed by atoms with Crippen molar-refractivity contribution in [3.63, 3.8) is 0 Å². The predicted octanol–water partition coefficient (Wildman–Crippen LogP) is 1.31. The van der Waals surface area contributed by atoms with E-state index in [9.17, 15) is 4.79 Å². The number of amides is 1. The fourth-order valence-electron chi connectivity index (χ4n) is 2.36. The summed E-state index contributed by atoms with van der Waals surface area (Å²) in [5.74, 6) is -0.0975. The van der Waals surface area contributed by atoms with Crippen LogP contribution in [0.25, 0.3) is 0 Å². The zero-order valence-electron chi connectivity index (χ0n) is 9.71. The van der Waals surface area contributed by atoms with E-state index in [4.69, 9.17) is 5.11 Å². The molecule has 0 unspecified atom stereocenters. The summed E-state index contributed by atoms with van der Waals surface area (Å²) in [7, 11) is 0. The third-order valence-electron chi connectivity index (χ3n) is 3.20. The summed E-state index contributed by atoms with van der Waals surface area (Å²) >= 11 is 1.18. The molecule has 1 heterocycles. The molecule has 6 heteroatoms. The Morgan fingerprint density at radius 1 is 1.47 bits per heavy atom. The van der Waals surface area contributed by atoms with Crippen LogP contribution in [0.1, 0.15) is 42.6 Å². The second-order valence-corrected chi connectivity index (χ2v) is 4.91. The first kappa shape index (κ1) is 12.4. The maximum absolute atomic E-state index is 12.2. The van der Waals surface area contributed by atoms with E-state index in [0.29, 0.717) is 12.2 Å². The third-order valence-corrected chi connectivity index (χ3v) is 3.70. The van der Waals surface area contributed by atoms with Gasteiger partial charge in [-0.25, -0.2) is 0 Å². The molecule has 0 radical (unpaired) electrons. The van der Waals surface area contributed by atoms with Crippen LogP contribution in [0.3, 0.4) is 0 Å². The molecule has 0 atom stereocenters. The van der Waals surface area contributed by atoms with Gasteiger partial charge in [-0.3, -0.25) is 4.79 Å². The normalized spacial score (nSPS) is 17.0. The molecule has 2 rings (SSSR count). The minimum absolute atomic E-state index is 0.000193. The quantitative estimate of drug-likeness (QED) is 0.880. The molecule has 1 aromatic rings. The van der Waals surface area contributed by atoms with Gasteiger partial charge in [0.05, 0.1) is 6.61 Å². The van der Waals surface area contributed by atoms with E-state index in [1.165, 1.54) is 18.0 Å². The second-order valence-electron chi connectivity index (χ2n) is 4.30. The van der Waals surface area contributed by atoms with E-state index in [1.54, 1.807) is 10.3 Å². The van der Waals surface area contributed by atoms with Gasteiger partial charge in [0.2, 0.25) is 0 Å². The molecule has 1 N–H and O–H groups in total. The Kier molecular flexibility index (Phi) is 4.44. The molecule has 1 amide bonds. The fraction of sp³-hybridized carbons (Fsp3) is 0.727. The number of nitrogens with zero attached hydrogens (tertiary/aromatic N) is 3. The maximum atomic E-state index is 12.2. The zero-order chi connectivity index (χ0) is 12.1. The highest BCUT2D eigenvalue weighted by Gasteiger charge is 2.26. The van der Waals surface area contributed by atoms with Crippen LogP contribution in [0.5, 0.6) is 0 Å². The molecule has 1 aromatic heterocycles. The van der Waals surface area contributed by atoms with Crippen molar-refractivity contribution in [3.8, 4) is 0 Å². The summed E-state index contributed by atoms with van der Waals surface area (Å²) in [6.45, 7) is 0.390. The Balaban J connectivity index is 2.07. The highest BCUT2D eigenvalue weighted by molar-refractivity contribution is 7.03. The van der Waals surface area contributed by atoms with Gasteiger partial charge < -0.3 is 10.0 Å². The average Bonchev–Trinajstić information content (AvgIpc) is 2.90. The Hall–Kier alpha value is -1.01. The number of aliphatic hydroxyl groups excluding tert-OH is 1. The molecule has 0 spiro atoms. The van der Waals surface area contributed by atoms with Crippen LogP contribution in [0.2, 0.25) is 0 Å². The molecule has 17 heavy (non-hydrogen) atoms. The van der Waals surface area contributed by atoms with E-state index in [-0.39, 0.29) is 18.6 Å². The largest absolute Gasteiger partial charge is 0.395 e. The number of carbonyl (C=O) groups excluding carboxylic acids is 1. The molecule has 0 aliphatic heterocycles. The lowest BCUT2D eigenvalue weighted by Crippen LogP contribution is -2.43.